The van der Waals surface area contributed by atoms with E-state index in [2.05, 4.69) is 49.4 Å². The van der Waals surface area contributed by atoms with Gasteiger partial charge in [0.25, 0.3) is 0 Å². The van der Waals surface area contributed by atoms with Gasteiger partial charge < -0.3 is 0 Å². The van der Waals surface area contributed by atoms with Crippen LogP contribution in [0.3, 0.4) is 0 Å². The Labute approximate surface area is 78.9 Å². The van der Waals surface area contributed by atoms with Crippen molar-refractivity contribution in [3.05, 3.63) is 65.3 Å². The Morgan fingerprint density at radius 1 is 1.15 bits per heavy atom. The highest BCUT2D eigenvalue weighted by atomic mass is 14.0. The summed E-state index contributed by atoms with van der Waals surface area (Å²) in [6, 6.07) is 8.48. The normalized spacial score (nSPS) is 17.2. The molecular weight excluding hydrogens is 156 g/mol. The van der Waals surface area contributed by atoms with E-state index in [1.54, 1.807) is 0 Å². The highest BCUT2D eigenvalue weighted by Gasteiger charge is 1.93. The molecule has 0 amide bonds. The van der Waals surface area contributed by atoms with Gasteiger partial charge in [0.1, 0.15) is 0 Å². The summed E-state index contributed by atoms with van der Waals surface area (Å²) in [7, 11) is 0. The second-order valence-corrected chi connectivity index (χ2v) is 3.18. The van der Waals surface area contributed by atoms with Gasteiger partial charge in [-0.25, -0.2) is 0 Å². The average molecular weight is 167 g/mol. The van der Waals surface area contributed by atoms with Crippen molar-refractivity contribution in [2.75, 3.05) is 0 Å². The fourth-order valence-electron chi connectivity index (χ4n) is 1.28. The minimum Gasteiger partial charge on any atom is -0.0610 e. The molecule has 0 bridgehead atoms. The Bertz CT molecular complexity index is 361. The summed E-state index contributed by atoms with van der Waals surface area (Å²) in [6.07, 6.45) is 11.3. The standard InChI is InChI=1S/C13H11/c1-11-6-8-13(9-7-11)10-12-4-2-3-5-12/h2-4,6-10H,1H3. The summed E-state index contributed by atoms with van der Waals surface area (Å²) < 4.78 is 0. The molecule has 1 aliphatic rings. The maximum absolute atomic E-state index is 3.14. The van der Waals surface area contributed by atoms with Gasteiger partial charge >= 0.3 is 0 Å². The van der Waals surface area contributed by atoms with Crippen LogP contribution in [0.5, 0.6) is 0 Å². The second kappa shape index (κ2) is 3.44. The molecule has 0 fully saturated rings. The molecule has 0 aliphatic heterocycles. The lowest BCUT2D eigenvalue weighted by Crippen LogP contribution is -1.75. The van der Waals surface area contributed by atoms with E-state index in [1.807, 2.05) is 12.2 Å². The molecular formula is C13H11. The van der Waals surface area contributed by atoms with Gasteiger partial charge in [-0.1, -0.05) is 48.1 Å². The van der Waals surface area contributed by atoms with Crippen LogP contribution in [0.2, 0.25) is 0 Å². The fraction of sp³-hybridized carbons (Fsp3) is 0.0769. The monoisotopic (exact) mass is 167 g/mol. The first kappa shape index (κ1) is 8.06. The van der Waals surface area contributed by atoms with Gasteiger partial charge in [0.15, 0.2) is 0 Å². The van der Waals surface area contributed by atoms with Crippen LogP contribution in [0.4, 0.5) is 0 Å². The Balaban J connectivity index is 2.27. The highest BCUT2D eigenvalue weighted by molar-refractivity contribution is 5.60. The van der Waals surface area contributed by atoms with Crippen molar-refractivity contribution in [1.29, 1.82) is 0 Å². The molecule has 0 heteroatoms. The average Bonchev–Trinajstić information content (AvgIpc) is 2.62. The number of aryl methyl sites for hydroxylation is 1. The van der Waals surface area contributed by atoms with Gasteiger partial charge in [-0.2, -0.15) is 0 Å². The molecule has 1 aromatic carbocycles. The largest absolute Gasteiger partial charge is 0.0610 e. The van der Waals surface area contributed by atoms with Crippen molar-refractivity contribution >= 4 is 6.08 Å². The van der Waals surface area contributed by atoms with E-state index in [1.165, 1.54) is 11.1 Å². The Kier molecular flexibility index (Phi) is 2.13. The van der Waals surface area contributed by atoms with E-state index in [9.17, 15) is 0 Å². The van der Waals surface area contributed by atoms with Crippen LogP contribution in [-0.2, 0) is 0 Å². The van der Waals surface area contributed by atoms with E-state index in [4.69, 9.17) is 0 Å². The lowest BCUT2D eigenvalue weighted by molar-refractivity contribution is 1.46. The number of allylic oxidation sites excluding steroid dienone is 5. The minimum absolute atomic E-state index is 1.14. The Morgan fingerprint density at radius 3 is 2.54 bits per heavy atom. The maximum atomic E-state index is 3.14. The number of rotatable bonds is 1. The zero-order chi connectivity index (χ0) is 9.10. The van der Waals surface area contributed by atoms with Crippen LogP contribution in [-0.4, -0.2) is 0 Å². The molecule has 0 spiro atoms. The van der Waals surface area contributed by atoms with Gasteiger partial charge in [0.05, 0.1) is 0 Å². The molecule has 1 aliphatic carbocycles. The Hall–Kier alpha value is -1.56. The number of hydrogen-bond donors (Lipinski definition) is 0. The van der Waals surface area contributed by atoms with Crippen molar-refractivity contribution in [2.45, 2.75) is 6.92 Å². The Morgan fingerprint density at radius 2 is 1.92 bits per heavy atom. The fourth-order valence-corrected chi connectivity index (χ4v) is 1.28. The molecule has 0 unspecified atom stereocenters. The smallest absolute Gasteiger partial charge is 0.0105 e. The summed E-state index contributed by atoms with van der Waals surface area (Å²) in [4.78, 5) is 0. The lowest BCUT2D eigenvalue weighted by atomic mass is 10.1. The molecule has 0 saturated carbocycles. The predicted octanol–water partition coefficient (Wildman–Crippen LogP) is 3.31. The molecule has 0 N–H and O–H groups in total. The van der Waals surface area contributed by atoms with Crippen molar-refractivity contribution in [1.82, 2.24) is 0 Å². The van der Waals surface area contributed by atoms with Crippen molar-refractivity contribution in [3.63, 3.8) is 0 Å². The predicted molar refractivity (Wildman–Crippen MR) is 56.1 cm³/mol. The maximum Gasteiger partial charge on any atom is -0.0105 e. The molecule has 2 rings (SSSR count). The van der Waals surface area contributed by atoms with E-state index < -0.39 is 0 Å². The zero-order valence-corrected chi connectivity index (χ0v) is 7.62. The van der Waals surface area contributed by atoms with Crippen LogP contribution in [0, 0.1) is 13.0 Å². The topological polar surface area (TPSA) is 0 Å². The van der Waals surface area contributed by atoms with E-state index in [-0.39, 0.29) is 0 Å². The summed E-state index contributed by atoms with van der Waals surface area (Å²) in [5, 5.41) is 0. The van der Waals surface area contributed by atoms with E-state index >= 15 is 0 Å². The number of hydrogen-bond acceptors (Lipinski definition) is 0. The molecule has 0 saturated heterocycles. The van der Waals surface area contributed by atoms with Gasteiger partial charge in [-0.3, -0.25) is 0 Å². The van der Waals surface area contributed by atoms with Gasteiger partial charge in [-0.05, 0) is 30.2 Å². The van der Waals surface area contributed by atoms with Crippen LogP contribution < -0.4 is 0 Å². The zero-order valence-electron chi connectivity index (χ0n) is 7.62. The molecule has 0 heterocycles. The summed E-state index contributed by atoms with van der Waals surface area (Å²) in [5.74, 6) is 0. The van der Waals surface area contributed by atoms with Gasteiger partial charge in [0, 0.05) is 0 Å². The van der Waals surface area contributed by atoms with Crippen LogP contribution >= 0.6 is 0 Å². The van der Waals surface area contributed by atoms with Crippen LogP contribution in [0.1, 0.15) is 11.1 Å². The van der Waals surface area contributed by atoms with Crippen LogP contribution in [0.25, 0.3) is 6.08 Å². The molecule has 1 aromatic rings. The summed E-state index contributed by atoms with van der Waals surface area (Å²) in [5.41, 5.74) is 3.67. The summed E-state index contributed by atoms with van der Waals surface area (Å²) >= 11 is 0. The third-order valence-corrected chi connectivity index (χ3v) is 2.02. The first-order valence-electron chi connectivity index (χ1n) is 4.39. The molecule has 0 nitrogen and oxygen atoms in total. The molecule has 63 valence electrons. The summed E-state index contributed by atoms with van der Waals surface area (Å²) in [6.45, 7) is 2.10. The SMILES string of the molecule is Cc1ccc(C=C2[C]=CC=C2)cc1. The van der Waals surface area contributed by atoms with Crippen molar-refractivity contribution in [2.24, 2.45) is 0 Å². The highest BCUT2D eigenvalue weighted by Crippen LogP contribution is 2.12. The molecule has 13 heavy (non-hydrogen) atoms. The van der Waals surface area contributed by atoms with E-state index in [0.29, 0.717) is 0 Å². The minimum atomic E-state index is 1.14. The van der Waals surface area contributed by atoms with Gasteiger partial charge in [0.2, 0.25) is 0 Å². The van der Waals surface area contributed by atoms with Crippen molar-refractivity contribution in [3.8, 4) is 0 Å². The first-order valence-corrected chi connectivity index (χ1v) is 4.39. The molecule has 1 radical (unpaired) electrons. The quantitative estimate of drug-likeness (QED) is 0.602. The molecule has 0 aromatic heterocycles. The van der Waals surface area contributed by atoms with E-state index in [0.717, 1.165) is 5.57 Å². The molecule has 0 atom stereocenters. The lowest BCUT2D eigenvalue weighted by Gasteiger charge is -1.95. The number of benzene rings is 1. The van der Waals surface area contributed by atoms with Crippen LogP contribution in [0.15, 0.2) is 48.1 Å². The van der Waals surface area contributed by atoms with Gasteiger partial charge in [-0.15, -0.1) is 0 Å². The third-order valence-electron chi connectivity index (χ3n) is 2.02. The third kappa shape index (κ3) is 1.97. The second-order valence-electron chi connectivity index (χ2n) is 3.18. The van der Waals surface area contributed by atoms with Crippen molar-refractivity contribution < 1.29 is 0 Å². The first-order chi connectivity index (χ1) is 6.34.